The first kappa shape index (κ1) is 17.3. The number of nitrogens with zero attached hydrogens (tertiary/aromatic N) is 1. The summed E-state index contributed by atoms with van der Waals surface area (Å²) in [4.78, 5) is 29.4. The summed E-state index contributed by atoms with van der Waals surface area (Å²) < 4.78 is 5.17. The van der Waals surface area contributed by atoms with Crippen molar-refractivity contribution < 1.29 is 14.3 Å². The standard InChI is InChI=1S/C19H25N3O3/c1-19(2,3)25-18(24)20-10-8-17(23)22-11-9-16-14(12-22)13-6-4-5-7-15(13)21-16/h4-7,21H,8-12H2,1-3H3,(H,20,24). The molecule has 2 N–H and O–H groups in total. The van der Waals surface area contributed by atoms with Gasteiger partial charge in [0.15, 0.2) is 0 Å². The van der Waals surface area contributed by atoms with Gasteiger partial charge in [0.2, 0.25) is 5.91 Å². The summed E-state index contributed by atoms with van der Waals surface area (Å²) >= 11 is 0. The van der Waals surface area contributed by atoms with Crippen molar-refractivity contribution in [3.63, 3.8) is 0 Å². The topological polar surface area (TPSA) is 74.4 Å². The highest BCUT2D eigenvalue weighted by Crippen LogP contribution is 2.27. The molecule has 2 heterocycles. The van der Waals surface area contributed by atoms with Crippen LogP contribution >= 0.6 is 0 Å². The van der Waals surface area contributed by atoms with Gasteiger partial charge in [0.25, 0.3) is 0 Å². The van der Waals surface area contributed by atoms with Crippen LogP contribution in [0.3, 0.4) is 0 Å². The molecule has 0 saturated carbocycles. The molecule has 0 radical (unpaired) electrons. The monoisotopic (exact) mass is 343 g/mol. The van der Waals surface area contributed by atoms with Crippen LogP contribution in [-0.4, -0.2) is 40.6 Å². The van der Waals surface area contributed by atoms with Crippen LogP contribution in [0.1, 0.15) is 38.4 Å². The number of aromatic nitrogens is 1. The lowest BCUT2D eigenvalue weighted by Gasteiger charge is -2.27. The number of hydrogen-bond donors (Lipinski definition) is 2. The van der Waals surface area contributed by atoms with E-state index in [4.69, 9.17) is 4.74 Å². The van der Waals surface area contributed by atoms with Crippen LogP contribution < -0.4 is 5.32 Å². The van der Waals surface area contributed by atoms with E-state index < -0.39 is 11.7 Å². The maximum Gasteiger partial charge on any atom is 0.407 e. The number of carbonyl (C=O) groups is 2. The van der Waals surface area contributed by atoms with E-state index in [0.717, 1.165) is 11.9 Å². The lowest BCUT2D eigenvalue weighted by atomic mass is 10.0. The Hall–Kier alpha value is -2.50. The summed E-state index contributed by atoms with van der Waals surface area (Å²) in [6.45, 7) is 7.03. The zero-order valence-electron chi connectivity index (χ0n) is 15.0. The Morgan fingerprint density at radius 2 is 2.04 bits per heavy atom. The summed E-state index contributed by atoms with van der Waals surface area (Å²) in [5.41, 5.74) is 3.01. The van der Waals surface area contributed by atoms with Crippen molar-refractivity contribution in [2.75, 3.05) is 13.1 Å². The van der Waals surface area contributed by atoms with Gasteiger partial charge in [0.05, 0.1) is 0 Å². The van der Waals surface area contributed by atoms with E-state index in [-0.39, 0.29) is 18.9 Å². The lowest BCUT2D eigenvalue weighted by Crippen LogP contribution is -2.39. The number of aromatic amines is 1. The molecule has 0 aliphatic carbocycles. The van der Waals surface area contributed by atoms with Crippen LogP contribution in [0.2, 0.25) is 0 Å². The zero-order valence-corrected chi connectivity index (χ0v) is 15.0. The van der Waals surface area contributed by atoms with Gasteiger partial charge in [0, 0.05) is 54.6 Å². The van der Waals surface area contributed by atoms with E-state index in [2.05, 4.69) is 22.4 Å². The molecule has 3 rings (SSSR count). The van der Waals surface area contributed by atoms with Gasteiger partial charge < -0.3 is 19.9 Å². The Bertz CT molecular complexity index is 789. The Labute approximate surface area is 147 Å². The summed E-state index contributed by atoms with van der Waals surface area (Å²) in [7, 11) is 0. The highest BCUT2D eigenvalue weighted by atomic mass is 16.6. The van der Waals surface area contributed by atoms with E-state index >= 15 is 0 Å². The molecule has 0 bridgehead atoms. The van der Waals surface area contributed by atoms with Gasteiger partial charge in [-0.3, -0.25) is 4.79 Å². The summed E-state index contributed by atoms with van der Waals surface area (Å²) in [6.07, 6.45) is 0.615. The maximum absolute atomic E-state index is 12.5. The molecule has 6 heteroatoms. The second-order valence-electron chi connectivity index (χ2n) is 7.37. The van der Waals surface area contributed by atoms with E-state index in [1.807, 2.05) is 37.8 Å². The first-order valence-electron chi connectivity index (χ1n) is 8.66. The maximum atomic E-state index is 12.5. The third kappa shape index (κ3) is 4.13. The molecule has 1 aliphatic rings. The van der Waals surface area contributed by atoms with E-state index in [1.54, 1.807) is 0 Å². The van der Waals surface area contributed by atoms with Gasteiger partial charge in [-0.1, -0.05) is 18.2 Å². The van der Waals surface area contributed by atoms with E-state index in [1.165, 1.54) is 16.6 Å². The number of fused-ring (bicyclic) bond motifs is 3. The van der Waals surface area contributed by atoms with E-state index in [9.17, 15) is 9.59 Å². The Balaban J connectivity index is 1.55. The van der Waals surface area contributed by atoms with Crippen molar-refractivity contribution in [3.05, 3.63) is 35.5 Å². The molecule has 0 saturated heterocycles. The number of H-pyrrole nitrogens is 1. The highest BCUT2D eigenvalue weighted by molar-refractivity contribution is 5.86. The van der Waals surface area contributed by atoms with Gasteiger partial charge in [-0.05, 0) is 26.8 Å². The Morgan fingerprint density at radius 3 is 2.80 bits per heavy atom. The molecule has 134 valence electrons. The molecule has 1 aromatic heterocycles. The van der Waals surface area contributed by atoms with Crippen LogP contribution in [0, 0.1) is 0 Å². The number of carbonyl (C=O) groups excluding carboxylic acids is 2. The van der Waals surface area contributed by atoms with Gasteiger partial charge >= 0.3 is 6.09 Å². The third-order valence-corrected chi connectivity index (χ3v) is 4.24. The number of benzene rings is 1. The highest BCUT2D eigenvalue weighted by Gasteiger charge is 2.24. The molecular formula is C19H25N3O3. The van der Waals surface area contributed by atoms with Crippen LogP contribution in [0.25, 0.3) is 10.9 Å². The van der Waals surface area contributed by atoms with E-state index in [0.29, 0.717) is 13.1 Å². The average molecular weight is 343 g/mol. The number of hydrogen-bond acceptors (Lipinski definition) is 3. The van der Waals surface area contributed by atoms with Crippen LogP contribution in [0.15, 0.2) is 24.3 Å². The fourth-order valence-corrected chi connectivity index (χ4v) is 3.12. The number of alkyl carbamates (subject to hydrolysis) is 1. The van der Waals surface area contributed by atoms with Gasteiger partial charge in [-0.15, -0.1) is 0 Å². The minimum Gasteiger partial charge on any atom is -0.444 e. The first-order valence-corrected chi connectivity index (χ1v) is 8.66. The summed E-state index contributed by atoms with van der Waals surface area (Å²) in [5.74, 6) is 0.0481. The van der Waals surface area contributed by atoms with Gasteiger partial charge in [-0.2, -0.15) is 0 Å². The smallest absolute Gasteiger partial charge is 0.407 e. The molecule has 25 heavy (non-hydrogen) atoms. The molecule has 2 amide bonds. The van der Waals surface area contributed by atoms with Gasteiger partial charge in [0.1, 0.15) is 5.60 Å². The number of para-hydroxylation sites is 1. The predicted molar refractivity (Wildman–Crippen MR) is 96.3 cm³/mol. The predicted octanol–water partition coefficient (Wildman–Crippen LogP) is 2.97. The SMILES string of the molecule is CC(C)(C)OC(=O)NCCC(=O)N1CCc2[nH]c3ccccc3c2C1. The summed E-state index contributed by atoms with van der Waals surface area (Å²) in [5, 5.41) is 3.82. The number of rotatable bonds is 3. The quantitative estimate of drug-likeness (QED) is 0.900. The van der Waals surface area contributed by atoms with Crippen molar-refractivity contribution in [1.82, 2.24) is 15.2 Å². The fourth-order valence-electron chi connectivity index (χ4n) is 3.12. The first-order chi connectivity index (χ1) is 11.8. The molecule has 0 spiro atoms. The molecule has 6 nitrogen and oxygen atoms in total. The minimum atomic E-state index is -0.535. The number of amides is 2. The molecule has 1 aromatic carbocycles. The normalized spacial score (nSPS) is 14.3. The Morgan fingerprint density at radius 1 is 1.28 bits per heavy atom. The van der Waals surface area contributed by atoms with Crippen LogP contribution in [0.4, 0.5) is 4.79 Å². The third-order valence-electron chi connectivity index (χ3n) is 4.24. The van der Waals surface area contributed by atoms with Crippen molar-refractivity contribution >= 4 is 22.9 Å². The zero-order chi connectivity index (χ0) is 18.0. The average Bonchev–Trinajstić information content (AvgIpc) is 2.90. The molecule has 0 fully saturated rings. The van der Waals surface area contributed by atoms with Crippen LogP contribution in [-0.2, 0) is 22.5 Å². The molecular weight excluding hydrogens is 318 g/mol. The Kier molecular flexibility index (Phi) is 4.70. The van der Waals surface area contributed by atoms with Crippen molar-refractivity contribution in [2.24, 2.45) is 0 Å². The minimum absolute atomic E-state index is 0.0481. The number of nitrogens with one attached hydrogen (secondary N) is 2. The molecule has 0 atom stereocenters. The van der Waals surface area contributed by atoms with Crippen molar-refractivity contribution in [2.45, 2.75) is 45.8 Å². The second kappa shape index (κ2) is 6.78. The fraction of sp³-hybridized carbons (Fsp3) is 0.474. The number of ether oxygens (including phenoxy) is 1. The second-order valence-corrected chi connectivity index (χ2v) is 7.37. The lowest BCUT2D eigenvalue weighted by molar-refractivity contribution is -0.131. The van der Waals surface area contributed by atoms with Crippen molar-refractivity contribution in [1.29, 1.82) is 0 Å². The van der Waals surface area contributed by atoms with Crippen LogP contribution in [0.5, 0.6) is 0 Å². The van der Waals surface area contributed by atoms with Gasteiger partial charge in [-0.25, -0.2) is 4.79 Å². The molecule has 2 aromatic rings. The summed E-state index contributed by atoms with van der Waals surface area (Å²) in [6, 6.07) is 8.17. The largest absolute Gasteiger partial charge is 0.444 e. The van der Waals surface area contributed by atoms with Crippen molar-refractivity contribution in [3.8, 4) is 0 Å². The molecule has 1 aliphatic heterocycles. The molecule has 0 unspecified atom stereocenters.